The quantitative estimate of drug-likeness (QED) is 0.334. The molecule has 0 radical (unpaired) electrons. The molecule has 1 amide bonds. The molecule has 0 unspecified atom stereocenters. The highest BCUT2D eigenvalue weighted by Gasteiger charge is 2.35. The number of carbonyl (C=O) groups is 1. The molecule has 1 fully saturated rings. The van der Waals surface area contributed by atoms with Gasteiger partial charge in [-0.3, -0.25) is 9.89 Å². The third-order valence-electron chi connectivity index (χ3n) is 8.00. The highest BCUT2D eigenvalue weighted by atomic mass is 35.5. The summed E-state index contributed by atoms with van der Waals surface area (Å²) in [6, 6.07) is 2.48. The lowest BCUT2D eigenvalue weighted by Crippen LogP contribution is -2.49. The molecule has 1 aliphatic carbocycles. The maximum Gasteiger partial charge on any atom is 0.318 e. The number of amides is 1. The van der Waals surface area contributed by atoms with Gasteiger partial charge in [-0.05, 0) is 75.4 Å². The number of benzene rings is 1. The Balaban J connectivity index is 1.49. The van der Waals surface area contributed by atoms with Crippen LogP contribution in [-0.4, -0.2) is 89.3 Å². The van der Waals surface area contributed by atoms with E-state index in [1.807, 2.05) is 18.0 Å². The number of piperazine rings is 1. The van der Waals surface area contributed by atoms with Gasteiger partial charge in [-0.15, -0.1) is 0 Å². The Morgan fingerprint density at radius 1 is 1.26 bits per heavy atom. The first kappa shape index (κ1) is 27.4. The average molecular weight is 552 g/mol. The highest BCUT2D eigenvalue weighted by molar-refractivity contribution is 6.33. The number of ether oxygens (including phenoxy) is 1. The van der Waals surface area contributed by atoms with Gasteiger partial charge in [0.2, 0.25) is 5.91 Å². The third kappa shape index (κ3) is 5.61. The first-order chi connectivity index (χ1) is 18.8. The fourth-order valence-corrected chi connectivity index (χ4v) is 6.16. The van der Waals surface area contributed by atoms with Gasteiger partial charge in [-0.25, -0.2) is 0 Å². The van der Waals surface area contributed by atoms with E-state index in [2.05, 4.69) is 53.7 Å². The summed E-state index contributed by atoms with van der Waals surface area (Å²) in [5.41, 5.74) is 5.38. The highest BCUT2D eigenvalue weighted by Crippen LogP contribution is 2.45. The molecule has 2 aliphatic rings. The number of rotatable bonds is 8. The molecule has 1 saturated heterocycles. The lowest BCUT2D eigenvalue weighted by molar-refractivity contribution is -0.126. The summed E-state index contributed by atoms with van der Waals surface area (Å²) < 4.78 is 6.10. The minimum Gasteiger partial charge on any atom is -0.463 e. The van der Waals surface area contributed by atoms with Crippen LogP contribution in [0.3, 0.4) is 0 Å². The summed E-state index contributed by atoms with van der Waals surface area (Å²) in [7, 11) is 4.11. The van der Waals surface area contributed by atoms with Crippen molar-refractivity contribution in [2.45, 2.75) is 39.0 Å². The molecule has 3 heterocycles. The van der Waals surface area contributed by atoms with Crippen LogP contribution >= 0.6 is 11.6 Å². The Morgan fingerprint density at radius 3 is 2.74 bits per heavy atom. The minimum atomic E-state index is -0.0265. The molecular formula is C29H38ClN7O2. The number of carbonyl (C=O) groups excluding carboxylic acids is 1. The topological polar surface area (TPSA) is 90.5 Å². The molecule has 2 atom stereocenters. The fourth-order valence-electron chi connectivity index (χ4n) is 5.87. The van der Waals surface area contributed by atoms with Crippen molar-refractivity contribution in [2.75, 3.05) is 58.3 Å². The van der Waals surface area contributed by atoms with E-state index in [1.165, 1.54) is 11.6 Å². The molecule has 5 rings (SSSR count). The molecule has 10 heteroatoms. The number of aromatic nitrogens is 4. The first-order valence-electron chi connectivity index (χ1n) is 13.7. The van der Waals surface area contributed by atoms with Crippen molar-refractivity contribution in [3.8, 4) is 6.01 Å². The number of hydrogen-bond acceptors (Lipinski definition) is 7. The summed E-state index contributed by atoms with van der Waals surface area (Å²) in [4.78, 5) is 28.3. The van der Waals surface area contributed by atoms with Crippen molar-refractivity contribution in [3.05, 3.63) is 52.3 Å². The molecule has 3 aromatic rings. The van der Waals surface area contributed by atoms with Gasteiger partial charge >= 0.3 is 6.01 Å². The second kappa shape index (κ2) is 11.5. The number of fused-ring (bicyclic) bond motifs is 2. The van der Waals surface area contributed by atoms with Gasteiger partial charge in [0.25, 0.3) is 0 Å². The summed E-state index contributed by atoms with van der Waals surface area (Å²) in [6.07, 6.45) is 5.75. The predicted octanol–water partition coefficient (Wildman–Crippen LogP) is 4.00. The Bertz CT molecular complexity index is 1360. The number of nitrogens with zero attached hydrogens (tertiary/aromatic N) is 6. The Kier molecular flexibility index (Phi) is 8.09. The van der Waals surface area contributed by atoms with Crippen LogP contribution in [0.5, 0.6) is 6.01 Å². The van der Waals surface area contributed by atoms with Crippen molar-refractivity contribution in [2.24, 2.45) is 5.92 Å². The van der Waals surface area contributed by atoms with Crippen molar-refractivity contribution < 1.29 is 9.53 Å². The molecule has 2 aromatic heterocycles. The van der Waals surface area contributed by atoms with E-state index in [0.717, 1.165) is 64.4 Å². The van der Waals surface area contributed by atoms with Gasteiger partial charge in [0.15, 0.2) is 0 Å². The van der Waals surface area contributed by atoms with Crippen LogP contribution < -0.4 is 9.64 Å². The van der Waals surface area contributed by atoms with Gasteiger partial charge < -0.3 is 19.4 Å². The maximum absolute atomic E-state index is 12.2. The molecule has 1 N–H and O–H groups in total. The molecule has 208 valence electrons. The van der Waals surface area contributed by atoms with Gasteiger partial charge in [0.05, 0.1) is 24.0 Å². The molecule has 0 saturated carbocycles. The van der Waals surface area contributed by atoms with Gasteiger partial charge in [0.1, 0.15) is 5.82 Å². The zero-order valence-corrected chi connectivity index (χ0v) is 24.1. The third-order valence-corrected chi connectivity index (χ3v) is 8.50. The molecule has 39 heavy (non-hydrogen) atoms. The summed E-state index contributed by atoms with van der Waals surface area (Å²) in [5.74, 6) is 1.42. The van der Waals surface area contributed by atoms with E-state index in [9.17, 15) is 4.79 Å². The van der Waals surface area contributed by atoms with E-state index in [1.54, 1.807) is 0 Å². The Hall–Kier alpha value is -3.17. The average Bonchev–Trinajstić information content (AvgIpc) is 3.39. The SMILES string of the molecule is C=CC(=O)N1CCN(c2nc(OCCCN(C)C)nc3c2C[C@@H](C)[C@H](c2c(Cl)c(C)cc4[nH]ncc24)C3)CC1. The summed E-state index contributed by atoms with van der Waals surface area (Å²) in [6.45, 7) is 12.1. The number of aryl methyl sites for hydroxylation is 1. The van der Waals surface area contributed by atoms with E-state index in [-0.39, 0.29) is 11.8 Å². The van der Waals surface area contributed by atoms with Gasteiger partial charge in [-0.2, -0.15) is 15.1 Å². The molecule has 1 aromatic carbocycles. The van der Waals surface area contributed by atoms with E-state index < -0.39 is 0 Å². The van der Waals surface area contributed by atoms with Crippen LogP contribution in [0.4, 0.5) is 5.82 Å². The maximum atomic E-state index is 12.2. The lowest BCUT2D eigenvalue weighted by atomic mass is 9.74. The Morgan fingerprint density at radius 2 is 2.03 bits per heavy atom. The fraction of sp³-hybridized carbons (Fsp3) is 0.517. The lowest BCUT2D eigenvalue weighted by Gasteiger charge is -2.38. The number of aromatic amines is 1. The van der Waals surface area contributed by atoms with Crippen molar-refractivity contribution >= 4 is 34.2 Å². The molecule has 0 spiro atoms. The second-order valence-electron chi connectivity index (χ2n) is 11.0. The predicted molar refractivity (Wildman–Crippen MR) is 155 cm³/mol. The van der Waals surface area contributed by atoms with Gasteiger partial charge in [0, 0.05) is 48.7 Å². The number of halogens is 1. The first-order valence-corrected chi connectivity index (χ1v) is 14.1. The van der Waals surface area contributed by atoms with Crippen LogP contribution in [0.25, 0.3) is 10.9 Å². The molecular weight excluding hydrogens is 514 g/mol. The summed E-state index contributed by atoms with van der Waals surface area (Å²) in [5, 5.41) is 9.30. The largest absolute Gasteiger partial charge is 0.463 e. The molecule has 9 nitrogen and oxygen atoms in total. The number of nitrogens with one attached hydrogen (secondary N) is 1. The van der Waals surface area contributed by atoms with E-state index in [4.69, 9.17) is 26.3 Å². The molecule has 0 bridgehead atoms. The zero-order chi connectivity index (χ0) is 27.7. The van der Waals surface area contributed by atoms with Crippen LogP contribution in [0, 0.1) is 12.8 Å². The van der Waals surface area contributed by atoms with Crippen molar-refractivity contribution in [1.29, 1.82) is 0 Å². The minimum absolute atomic E-state index is 0.0265. The van der Waals surface area contributed by atoms with Crippen LogP contribution in [0.15, 0.2) is 24.9 Å². The zero-order valence-electron chi connectivity index (χ0n) is 23.3. The summed E-state index contributed by atoms with van der Waals surface area (Å²) >= 11 is 6.95. The van der Waals surface area contributed by atoms with Crippen molar-refractivity contribution in [1.82, 2.24) is 30.0 Å². The van der Waals surface area contributed by atoms with E-state index in [0.29, 0.717) is 44.7 Å². The van der Waals surface area contributed by atoms with Crippen LogP contribution in [0.2, 0.25) is 5.02 Å². The van der Waals surface area contributed by atoms with Crippen LogP contribution in [0.1, 0.15) is 41.6 Å². The Labute approximate surface area is 235 Å². The smallest absolute Gasteiger partial charge is 0.318 e. The number of hydrogen-bond donors (Lipinski definition) is 1. The molecule has 1 aliphatic heterocycles. The number of anilines is 1. The normalized spacial score (nSPS) is 19.4. The van der Waals surface area contributed by atoms with Crippen molar-refractivity contribution in [3.63, 3.8) is 0 Å². The van der Waals surface area contributed by atoms with E-state index >= 15 is 0 Å². The number of H-pyrrole nitrogens is 1. The standard InChI is InChI=1S/C29H38ClN7O2/c1-6-25(38)36-9-11-37(12-10-36)28-21-14-18(2)20(26-22-17-31-34-24(22)15-19(3)27(26)30)16-23(21)32-29(33-28)39-13-7-8-35(4)5/h6,15,17-18,20H,1,7-14,16H2,2-5H3,(H,31,34)/t18-,20-/m1/s1. The second-order valence-corrected chi connectivity index (χ2v) is 11.4. The monoisotopic (exact) mass is 551 g/mol. The van der Waals surface area contributed by atoms with Crippen LogP contribution in [-0.2, 0) is 17.6 Å². The van der Waals surface area contributed by atoms with Gasteiger partial charge in [-0.1, -0.05) is 25.1 Å².